The lowest BCUT2D eigenvalue weighted by Gasteiger charge is -2.25. The Morgan fingerprint density at radius 3 is 2.17 bits per heavy atom. The van der Waals surface area contributed by atoms with Crippen LogP contribution in [0.25, 0.3) is 0 Å². The fraction of sp³-hybridized carbons (Fsp3) is 0.286. The molecule has 2 amide bonds. The Morgan fingerprint density at radius 2 is 1.72 bits per heavy atom. The molecular formula is C14H18N2O2. The average Bonchev–Trinajstić information content (AvgIpc) is 2.35. The number of rotatable bonds is 4. The number of allylic oxidation sites excluding steroid dienone is 1. The van der Waals surface area contributed by atoms with Crippen molar-refractivity contribution in [3.05, 3.63) is 48.2 Å². The van der Waals surface area contributed by atoms with E-state index in [0.717, 1.165) is 0 Å². The lowest BCUT2D eigenvalue weighted by Crippen LogP contribution is -2.40. The second-order valence-corrected chi connectivity index (χ2v) is 4.29. The highest BCUT2D eigenvalue weighted by Crippen LogP contribution is 2.08. The van der Waals surface area contributed by atoms with Crippen LogP contribution in [0.15, 0.2) is 42.6 Å². The van der Waals surface area contributed by atoms with Crippen LogP contribution in [-0.2, 0) is 0 Å². The molecule has 0 aliphatic carbocycles. The highest BCUT2D eigenvalue weighted by molar-refractivity contribution is 5.99. The smallest absolute Gasteiger partial charge is 0.324 e. The summed E-state index contributed by atoms with van der Waals surface area (Å²) in [5, 5.41) is 0. The summed E-state index contributed by atoms with van der Waals surface area (Å²) in [5.41, 5.74) is 1.15. The zero-order valence-corrected chi connectivity index (χ0v) is 11.0. The number of hydrogen-bond acceptors (Lipinski definition) is 2. The molecule has 0 bridgehead atoms. The van der Waals surface area contributed by atoms with Gasteiger partial charge in [-0.3, -0.25) is 9.69 Å². The maximum Gasteiger partial charge on any atom is 0.324 e. The minimum atomic E-state index is -0.244. The molecule has 18 heavy (non-hydrogen) atoms. The van der Waals surface area contributed by atoms with E-state index in [1.54, 1.807) is 45.3 Å². The number of nitrogens with zero attached hydrogens (tertiary/aromatic N) is 2. The van der Waals surface area contributed by atoms with Crippen molar-refractivity contribution in [2.45, 2.75) is 6.92 Å². The number of urea groups is 1. The van der Waals surface area contributed by atoms with E-state index >= 15 is 0 Å². The third-order valence-electron chi connectivity index (χ3n) is 2.47. The zero-order chi connectivity index (χ0) is 13.7. The highest BCUT2D eigenvalue weighted by atomic mass is 16.2. The second kappa shape index (κ2) is 6.00. The van der Waals surface area contributed by atoms with Crippen LogP contribution in [0.1, 0.15) is 17.3 Å². The minimum absolute atomic E-state index is 0.0103. The number of carbonyl (C=O) groups excluding carboxylic acids is 2. The first kappa shape index (κ1) is 14.0. The van der Waals surface area contributed by atoms with E-state index in [0.29, 0.717) is 11.3 Å². The number of hydrogen-bond donors (Lipinski definition) is 0. The third-order valence-corrected chi connectivity index (χ3v) is 2.47. The molecule has 0 atom stereocenters. The van der Waals surface area contributed by atoms with Crippen molar-refractivity contribution in [2.75, 3.05) is 20.6 Å². The van der Waals surface area contributed by atoms with Crippen molar-refractivity contribution < 1.29 is 9.59 Å². The first-order valence-corrected chi connectivity index (χ1v) is 5.66. The predicted molar refractivity (Wildman–Crippen MR) is 71.4 cm³/mol. The first-order chi connectivity index (χ1) is 8.43. The summed E-state index contributed by atoms with van der Waals surface area (Å²) in [6, 6.07) is 8.67. The number of carbonyl (C=O) groups is 2. The van der Waals surface area contributed by atoms with E-state index in [-0.39, 0.29) is 18.4 Å². The topological polar surface area (TPSA) is 40.6 Å². The highest BCUT2D eigenvalue weighted by Gasteiger charge is 2.19. The van der Waals surface area contributed by atoms with Crippen LogP contribution in [0.5, 0.6) is 0 Å². The van der Waals surface area contributed by atoms with Gasteiger partial charge >= 0.3 is 6.03 Å². The van der Waals surface area contributed by atoms with Gasteiger partial charge in [0.2, 0.25) is 0 Å². The summed E-state index contributed by atoms with van der Waals surface area (Å²) in [6.07, 6.45) is 0. The van der Waals surface area contributed by atoms with E-state index in [9.17, 15) is 9.59 Å². The van der Waals surface area contributed by atoms with Crippen LogP contribution in [0, 0.1) is 0 Å². The summed E-state index contributed by atoms with van der Waals surface area (Å²) in [4.78, 5) is 26.7. The Kier molecular flexibility index (Phi) is 4.66. The van der Waals surface area contributed by atoms with Crippen LogP contribution >= 0.6 is 0 Å². The Bertz CT molecular complexity index is 452. The molecule has 1 rings (SSSR count). The Hall–Kier alpha value is -2.10. The van der Waals surface area contributed by atoms with Gasteiger partial charge in [0.25, 0.3) is 0 Å². The fourth-order valence-corrected chi connectivity index (χ4v) is 1.47. The maximum atomic E-state index is 12.0. The standard InChI is InChI=1S/C14H18N2O2/c1-11(2)16(14(18)15(3)4)10-13(17)12-8-6-5-7-9-12/h5-9H,1,10H2,2-4H3. The van der Waals surface area contributed by atoms with Crippen molar-refractivity contribution in [1.29, 1.82) is 0 Å². The Morgan fingerprint density at radius 1 is 1.17 bits per heavy atom. The maximum absolute atomic E-state index is 12.0. The third kappa shape index (κ3) is 3.45. The molecule has 0 heterocycles. The Balaban J connectivity index is 2.83. The van der Waals surface area contributed by atoms with E-state index in [1.165, 1.54) is 9.80 Å². The molecular weight excluding hydrogens is 228 g/mol. The second-order valence-electron chi connectivity index (χ2n) is 4.29. The summed E-state index contributed by atoms with van der Waals surface area (Å²) in [7, 11) is 3.29. The molecule has 0 saturated heterocycles. The van der Waals surface area contributed by atoms with Gasteiger partial charge in [-0.2, -0.15) is 0 Å². The quantitative estimate of drug-likeness (QED) is 0.765. The lowest BCUT2D eigenvalue weighted by atomic mass is 10.1. The van der Waals surface area contributed by atoms with E-state index < -0.39 is 0 Å². The van der Waals surface area contributed by atoms with Gasteiger partial charge in [-0.15, -0.1) is 0 Å². The van der Waals surface area contributed by atoms with Crippen molar-refractivity contribution >= 4 is 11.8 Å². The van der Waals surface area contributed by atoms with E-state index in [1.807, 2.05) is 6.07 Å². The molecule has 96 valence electrons. The number of Topliss-reactive ketones (excluding diaryl/α,β-unsaturated/α-hetero) is 1. The van der Waals surface area contributed by atoms with Crippen LogP contribution in [0.2, 0.25) is 0 Å². The molecule has 4 heteroatoms. The van der Waals surface area contributed by atoms with Gasteiger partial charge in [-0.05, 0) is 6.92 Å². The number of benzene rings is 1. The SMILES string of the molecule is C=C(C)N(CC(=O)c1ccccc1)C(=O)N(C)C. The molecule has 0 unspecified atom stereocenters. The van der Waals surface area contributed by atoms with Gasteiger partial charge in [-0.1, -0.05) is 36.9 Å². The van der Waals surface area contributed by atoms with Crippen molar-refractivity contribution in [3.8, 4) is 0 Å². The van der Waals surface area contributed by atoms with Gasteiger partial charge in [0.05, 0.1) is 6.54 Å². The zero-order valence-electron chi connectivity index (χ0n) is 11.0. The van der Waals surface area contributed by atoms with Crippen LogP contribution in [-0.4, -0.2) is 42.3 Å². The van der Waals surface area contributed by atoms with Crippen molar-refractivity contribution in [3.63, 3.8) is 0 Å². The predicted octanol–water partition coefficient (Wildman–Crippen LogP) is 2.39. The molecule has 4 nitrogen and oxygen atoms in total. The minimum Gasteiger partial charge on any atom is -0.330 e. The van der Waals surface area contributed by atoms with Crippen LogP contribution in [0.4, 0.5) is 4.79 Å². The molecule has 0 aromatic heterocycles. The molecule has 0 aliphatic heterocycles. The summed E-state index contributed by atoms with van der Waals surface area (Å²) in [5.74, 6) is -0.103. The molecule has 0 saturated carbocycles. The molecule has 0 fully saturated rings. The van der Waals surface area contributed by atoms with Gasteiger partial charge in [0.1, 0.15) is 0 Å². The number of amides is 2. The Labute approximate surface area is 108 Å². The normalized spacial score (nSPS) is 9.72. The summed E-state index contributed by atoms with van der Waals surface area (Å²) in [6.45, 7) is 5.45. The van der Waals surface area contributed by atoms with Crippen LogP contribution in [0.3, 0.4) is 0 Å². The molecule has 1 aromatic carbocycles. The molecule has 0 N–H and O–H groups in total. The first-order valence-electron chi connectivity index (χ1n) is 5.66. The van der Waals surface area contributed by atoms with Gasteiger partial charge in [-0.25, -0.2) is 4.79 Å². The van der Waals surface area contributed by atoms with Gasteiger partial charge in [0.15, 0.2) is 5.78 Å². The molecule has 0 spiro atoms. The van der Waals surface area contributed by atoms with Gasteiger partial charge in [0, 0.05) is 25.4 Å². The van der Waals surface area contributed by atoms with E-state index in [4.69, 9.17) is 0 Å². The fourth-order valence-electron chi connectivity index (χ4n) is 1.47. The van der Waals surface area contributed by atoms with Crippen LogP contribution < -0.4 is 0 Å². The van der Waals surface area contributed by atoms with Crippen molar-refractivity contribution in [2.24, 2.45) is 0 Å². The molecule has 0 aliphatic rings. The van der Waals surface area contributed by atoms with Gasteiger partial charge < -0.3 is 4.90 Å². The average molecular weight is 246 g/mol. The monoisotopic (exact) mass is 246 g/mol. The number of ketones is 1. The van der Waals surface area contributed by atoms with E-state index in [2.05, 4.69) is 6.58 Å². The lowest BCUT2D eigenvalue weighted by molar-refractivity contribution is 0.0949. The molecule has 1 aromatic rings. The summed E-state index contributed by atoms with van der Waals surface area (Å²) >= 11 is 0. The molecule has 0 radical (unpaired) electrons. The van der Waals surface area contributed by atoms with Crippen molar-refractivity contribution in [1.82, 2.24) is 9.80 Å². The summed E-state index contributed by atoms with van der Waals surface area (Å²) < 4.78 is 0. The largest absolute Gasteiger partial charge is 0.330 e.